The summed E-state index contributed by atoms with van der Waals surface area (Å²) in [6.45, 7) is 2.28. The largest absolute Gasteiger partial charge is 0.464 e. The predicted octanol–water partition coefficient (Wildman–Crippen LogP) is 2.55. The van der Waals surface area contributed by atoms with Gasteiger partial charge in [-0.05, 0) is 31.2 Å². The zero-order chi connectivity index (χ0) is 14.8. The van der Waals surface area contributed by atoms with Crippen molar-refractivity contribution in [3.05, 3.63) is 53.7 Å². The Bertz CT molecular complexity index is 809. The standard InChI is InChI=1S/C16H16N4O/c1-11-6-7-15(21-11)14(10-18)20-13-5-3-2-4-12(13)19-16(20)8-9-17/h2-7,14H,8,10,18H2,1H3. The average Bonchev–Trinajstić information content (AvgIpc) is 3.06. The minimum absolute atomic E-state index is 0.158. The third-order valence-corrected chi connectivity index (χ3v) is 3.53. The molecule has 3 rings (SSSR count). The van der Waals surface area contributed by atoms with Crippen LogP contribution in [0, 0.1) is 18.3 Å². The number of para-hydroxylation sites is 2. The molecule has 0 saturated carbocycles. The zero-order valence-electron chi connectivity index (χ0n) is 11.8. The second-order valence-electron chi connectivity index (χ2n) is 4.92. The molecule has 0 saturated heterocycles. The molecule has 0 aliphatic heterocycles. The van der Waals surface area contributed by atoms with E-state index in [0.717, 1.165) is 22.6 Å². The highest BCUT2D eigenvalue weighted by molar-refractivity contribution is 5.76. The summed E-state index contributed by atoms with van der Waals surface area (Å²) in [6, 6.07) is 13.7. The van der Waals surface area contributed by atoms with Crippen molar-refractivity contribution >= 4 is 11.0 Å². The van der Waals surface area contributed by atoms with E-state index >= 15 is 0 Å². The maximum atomic E-state index is 9.04. The Kier molecular flexibility index (Phi) is 3.46. The highest BCUT2D eigenvalue weighted by Crippen LogP contribution is 2.27. The second-order valence-corrected chi connectivity index (χ2v) is 4.92. The van der Waals surface area contributed by atoms with Crippen LogP contribution < -0.4 is 5.73 Å². The first-order valence-corrected chi connectivity index (χ1v) is 6.83. The van der Waals surface area contributed by atoms with Crippen LogP contribution in [0.15, 0.2) is 40.8 Å². The summed E-state index contributed by atoms with van der Waals surface area (Å²) in [5, 5.41) is 9.04. The summed E-state index contributed by atoms with van der Waals surface area (Å²) >= 11 is 0. The summed E-state index contributed by atoms with van der Waals surface area (Å²) in [5.41, 5.74) is 7.80. The van der Waals surface area contributed by atoms with Gasteiger partial charge in [0.15, 0.2) is 0 Å². The Morgan fingerprint density at radius 1 is 1.33 bits per heavy atom. The van der Waals surface area contributed by atoms with Gasteiger partial charge in [-0.15, -0.1) is 0 Å². The number of aromatic nitrogens is 2. The molecular weight excluding hydrogens is 264 g/mol. The predicted molar refractivity (Wildman–Crippen MR) is 79.7 cm³/mol. The van der Waals surface area contributed by atoms with Gasteiger partial charge in [-0.2, -0.15) is 5.26 Å². The van der Waals surface area contributed by atoms with Crippen molar-refractivity contribution in [3.63, 3.8) is 0 Å². The lowest BCUT2D eigenvalue weighted by Crippen LogP contribution is -2.21. The number of fused-ring (bicyclic) bond motifs is 1. The van der Waals surface area contributed by atoms with Crippen LogP contribution in [0.25, 0.3) is 11.0 Å². The van der Waals surface area contributed by atoms with E-state index in [1.54, 1.807) is 0 Å². The molecular formula is C16H16N4O. The van der Waals surface area contributed by atoms with Crippen LogP contribution in [0.1, 0.15) is 23.4 Å². The lowest BCUT2D eigenvalue weighted by Gasteiger charge is -2.17. The van der Waals surface area contributed by atoms with Gasteiger partial charge in [0, 0.05) is 6.54 Å². The molecule has 0 spiro atoms. The van der Waals surface area contributed by atoms with E-state index in [1.807, 2.05) is 47.9 Å². The summed E-state index contributed by atoms with van der Waals surface area (Å²) in [6.07, 6.45) is 0.241. The van der Waals surface area contributed by atoms with Gasteiger partial charge >= 0.3 is 0 Å². The van der Waals surface area contributed by atoms with E-state index in [2.05, 4.69) is 11.1 Å². The van der Waals surface area contributed by atoms with Crippen LogP contribution in [-0.2, 0) is 6.42 Å². The Balaban J connectivity index is 2.21. The molecule has 0 aliphatic rings. The van der Waals surface area contributed by atoms with Crippen LogP contribution in [-0.4, -0.2) is 16.1 Å². The normalized spacial score (nSPS) is 12.4. The second kappa shape index (κ2) is 5.43. The Hall–Kier alpha value is -2.58. The van der Waals surface area contributed by atoms with Crippen molar-refractivity contribution < 1.29 is 4.42 Å². The minimum atomic E-state index is -0.158. The van der Waals surface area contributed by atoms with Crippen LogP contribution in [0.5, 0.6) is 0 Å². The molecule has 0 bridgehead atoms. The van der Waals surface area contributed by atoms with Crippen molar-refractivity contribution in [3.8, 4) is 6.07 Å². The summed E-state index contributed by atoms with van der Waals surface area (Å²) < 4.78 is 7.74. The molecule has 1 aromatic carbocycles. The molecule has 2 aromatic heterocycles. The number of hydrogen-bond acceptors (Lipinski definition) is 4. The lowest BCUT2D eigenvalue weighted by molar-refractivity contribution is 0.417. The van der Waals surface area contributed by atoms with Crippen molar-refractivity contribution in [1.82, 2.24) is 9.55 Å². The van der Waals surface area contributed by atoms with Gasteiger partial charge in [0.05, 0.1) is 23.5 Å². The molecule has 2 N–H and O–H groups in total. The van der Waals surface area contributed by atoms with Crippen LogP contribution in [0.2, 0.25) is 0 Å². The summed E-state index contributed by atoms with van der Waals surface area (Å²) in [5.74, 6) is 2.34. The maximum Gasteiger partial charge on any atom is 0.128 e. The number of furan rings is 1. The number of hydrogen-bond donors (Lipinski definition) is 1. The molecule has 3 aromatic rings. The molecule has 5 heteroatoms. The van der Waals surface area contributed by atoms with E-state index in [9.17, 15) is 0 Å². The molecule has 0 amide bonds. The molecule has 106 valence electrons. The highest BCUT2D eigenvalue weighted by Gasteiger charge is 2.21. The number of imidazole rings is 1. The third-order valence-electron chi connectivity index (χ3n) is 3.53. The van der Waals surface area contributed by atoms with E-state index in [0.29, 0.717) is 12.4 Å². The molecule has 1 unspecified atom stereocenters. The number of nitriles is 1. The van der Waals surface area contributed by atoms with Crippen molar-refractivity contribution in [2.24, 2.45) is 5.73 Å². The van der Waals surface area contributed by atoms with Gasteiger partial charge in [-0.3, -0.25) is 0 Å². The van der Waals surface area contributed by atoms with Gasteiger partial charge in [0.1, 0.15) is 23.4 Å². The van der Waals surface area contributed by atoms with E-state index < -0.39 is 0 Å². The van der Waals surface area contributed by atoms with Gasteiger partial charge in [-0.25, -0.2) is 4.98 Å². The van der Waals surface area contributed by atoms with Gasteiger partial charge < -0.3 is 14.7 Å². The maximum absolute atomic E-state index is 9.04. The lowest BCUT2D eigenvalue weighted by atomic mass is 10.2. The minimum Gasteiger partial charge on any atom is -0.464 e. The Morgan fingerprint density at radius 2 is 2.14 bits per heavy atom. The topological polar surface area (TPSA) is 80.8 Å². The molecule has 21 heavy (non-hydrogen) atoms. The van der Waals surface area contributed by atoms with Crippen molar-refractivity contribution in [2.75, 3.05) is 6.54 Å². The fraction of sp³-hybridized carbons (Fsp3) is 0.250. The van der Waals surface area contributed by atoms with E-state index in [1.165, 1.54) is 0 Å². The first kappa shape index (κ1) is 13.4. The van der Waals surface area contributed by atoms with Gasteiger partial charge in [-0.1, -0.05) is 12.1 Å². The first-order chi connectivity index (χ1) is 10.2. The number of nitrogens with two attached hydrogens (primary N) is 1. The number of rotatable bonds is 4. The van der Waals surface area contributed by atoms with Crippen molar-refractivity contribution in [2.45, 2.75) is 19.4 Å². The number of aryl methyl sites for hydroxylation is 1. The monoisotopic (exact) mass is 280 g/mol. The number of benzene rings is 1. The molecule has 0 fully saturated rings. The van der Waals surface area contributed by atoms with E-state index in [4.69, 9.17) is 15.4 Å². The molecule has 1 atom stereocenters. The van der Waals surface area contributed by atoms with E-state index in [-0.39, 0.29) is 12.5 Å². The number of nitrogens with zero attached hydrogens (tertiary/aromatic N) is 3. The summed E-state index contributed by atoms with van der Waals surface area (Å²) in [7, 11) is 0. The first-order valence-electron chi connectivity index (χ1n) is 6.83. The Labute approximate surface area is 122 Å². The summed E-state index contributed by atoms with van der Waals surface area (Å²) in [4.78, 5) is 4.55. The third kappa shape index (κ3) is 2.30. The van der Waals surface area contributed by atoms with Crippen LogP contribution >= 0.6 is 0 Å². The van der Waals surface area contributed by atoms with Crippen LogP contribution in [0.3, 0.4) is 0 Å². The fourth-order valence-electron chi connectivity index (χ4n) is 2.62. The molecule has 0 radical (unpaired) electrons. The smallest absolute Gasteiger partial charge is 0.128 e. The van der Waals surface area contributed by atoms with Crippen molar-refractivity contribution in [1.29, 1.82) is 5.26 Å². The van der Waals surface area contributed by atoms with Gasteiger partial charge in [0.25, 0.3) is 0 Å². The average molecular weight is 280 g/mol. The zero-order valence-corrected chi connectivity index (χ0v) is 11.8. The fourth-order valence-corrected chi connectivity index (χ4v) is 2.62. The highest BCUT2D eigenvalue weighted by atomic mass is 16.3. The van der Waals surface area contributed by atoms with Crippen LogP contribution in [0.4, 0.5) is 0 Å². The molecule has 5 nitrogen and oxygen atoms in total. The quantitative estimate of drug-likeness (QED) is 0.796. The molecule has 0 aliphatic carbocycles. The SMILES string of the molecule is Cc1ccc(C(CN)n2c(CC#N)nc3ccccc32)o1. The Morgan fingerprint density at radius 3 is 2.81 bits per heavy atom. The van der Waals surface area contributed by atoms with Gasteiger partial charge in [0.2, 0.25) is 0 Å². The molecule has 2 heterocycles.